The topological polar surface area (TPSA) is 8.17 Å². The molecule has 0 aliphatic rings. The molecule has 0 saturated carbocycles. The molecule has 0 fully saturated rings. The van der Waals surface area contributed by atoms with E-state index in [1.54, 1.807) is 0 Å². The summed E-state index contributed by atoms with van der Waals surface area (Å²) in [4.78, 5) is 2.35. The van der Waals surface area contributed by atoms with Crippen molar-refractivity contribution in [3.05, 3.63) is 206 Å². The van der Waals surface area contributed by atoms with Gasteiger partial charge in [0.1, 0.15) is 0 Å². The van der Waals surface area contributed by atoms with E-state index in [9.17, 15) is 0 Å². The molecular formula is C48H34N2. The fraction of sp³-hybridized carbons (Fsp3) is 0. The monoisotopic (exact) mass is 638 g/mol. The number of aromatic nitrogens is 1. The van der Waals surface area contributed by atoms with Gasteiger partial charge in [-0.1, -0.05) is 146 Å². The van der Waals surface area contributed by atoms with Crippen LogP contribution >= 0.6 is 0 Å². The molecule has 1 heterocycles. The molecule has 9 rings (SSSR count). The van der Waals surface area contributed by atoms with Crippen molar-refractivity contribution in [2.45, 2.75) is 0 Å². The molecule has 50 heavy (non-hydrogen) atoms. The number of fused-ring (bicyclic) bond motifs is 3. The summed E-state index contributed by atoms with van der Waals surface area (Å²) in [6.07, 6.45) is 0. The third kappa shape index (κ3) is 5.34. The van der Waals surface area contributed by atoms with E-state index in [2.05, 4.69) is 216 Å². The highest BCUT2D eigenvalue weighted by atomic mass is 15.1. The maximum Gasteiger partial charge on any atom is 0.0562 e. The highest BCUT2D eigenvalue weighted by Gasteiger charge is 2.20. The average Bonchev–Trinajstić information content (AvgIpc) is 3.54. The number of nitrogens with zero attached hydrogens (tertiary/aromatic N) is 2. The summed E-state index contributed by atoms with van der Waals surface area (Å²) in [5.74, 6) is 0. The minimum Gasteiger partial charge on any atom is -0.310 e. The molecule has 9 aromatic rings. The second kappa shape index (κ2) is 12.8. The van der Waals surface area contributed by atoms with Crippen LogP contribution in [-0.4, -0.2) is 4.57 Å². The van der Waals surface area contributed by atoms with E-state index >= 15 is 0 Å². The molecule has 0 amide bonds. The van der Waals surface area contributed by atoms with Crippen LogP contribution in [0.1, 0.15) is 0 Å². The normalized spacial score (nSPS) is 11.2. The number of hydrogen-bond donors (Lipinski definition) is 0. The number of rotatable bonds is 7. The first-order valence-corrected chi connectivity index (χ1v) is 17.1. The molecule has 0 unspecified atom stereocenters. The van der Waals surface area contributed by atoms with Crippen molar-refractivity contribution in [2.75, 3.05) is 4.90 Å². The predicted octanol–water partition coefficient (Wildman–Crippen LogP) is 13.3. The first-order valence-electron chi connectivity index (χ1n) is 17.1. The highest BCUT2D eigenvalue weighted by molar-refractivity contribution is 6.16. The van der Waals surface area contributed by atoms with E-state index in [0.29, 0.717) is 0 Å². The zero-order valence-corrected chi connectivity index (χ0v) is 27.5. The van der Waals surface area contributed by atoms with E-state index < -0.39 is 0 Å². The smallest absolute Gasteiger partial charge is 0.0562 e. The first-order chi connectivity index (χ1) is 24.8. The molecule has 0 bridgehead atoms. The van der Waals surface area contributed by atoms with Crippen LogP contribution in [-0.2, 0) is 0 Å². The quantitative estimate of drug-likeness (QED) is 0.169. The Hall–Kier alpha value is -6.64. The van der Waals surface area contributed by atoms with Gasteiger partial charge in [-0.3, -0.25) is 0 Å². The fourth-order valence-corrected chi connectivity index (χ4v) is 7.25. The minimum atomic E-state index is 1.10. The van der Waals surface area contributed by atoms with Crippen LogP contribution in [0.5, 0.6) is 0 Å². The second-order valence-corrected chi connectivity index (χ2v) is 12.6. The minimum absolute atomic E-state index is 1.10. The first kappa shape index (κ1) is 29.5. The summed E-state index contributed by atoms with van der Waals surface area (Å²) < 4.78 is 2.42. The van der Waals surface area contributed by atoms with Gasteiger partial charge in [0.05, 0.1) is 11.0 Å². The van der Waals surface area contributed by atoms with Gasteiger partial charge in [-0.2, -0.15) is 0 Å². The average molecular weight is 639 g/mol. The van der Waals surface area contributed by atoms with E-state index in [4.69, 9.17) is 0 Å². The molecule has 2 nitrogen and oxygen atoms in total. The molecular weight excluding hydrogens is 605 g/mol. The van der Waals surface area contributed by atoms with Crippen LogP contribution in [0.2, 0.25) is 0 Å². The van der Waals surface area contributed by atoms with Gasteiger partial charge in [-0.25, -0.2) is 0 Å². The molecule has 0 radical (unpaired) electrons. The Balaban J connectivity index is 1.25. The fourth-order valence-electron chi connectivity index (χ4n) is 7.25. The highest BCUT2D eigenvalue weighted by Crippen LogP contribution is 2.43. The molecule has 0 atom stereocenters. The third-order valence-corrected chi connectivity index (χ3v) is 9.58. The van der Waals surface area contributed by atoms with Gasteiger partial charge < -0.3 is 9.47 Å². The molecule has 0 spiro atoms. The summed E-state index contributed by atoms with van der Waals surface area (Å²) in [5.41, 5.74) is 14.1. The zero-order chi connectivity index (χ0) is 33.3. The van der Waals surface area contributed by atoms with E-state index in [0.717, 1.165) is 28.3 Å². The van der Waals surface area contributed by atoms with Crippen molar-refractivity contribution in [1.82, 2.24) is 4.57 Å². The van der Waals surface area contributed by atoms with Crippen molar-refractivity contribution < 1.29 is 0 Å². The van der Waals surface area contributed by atoms with Crippen molar-refractivity contribution in [2.24, 2.45) is 0 Å². The SMILES string of the molecule is c1ccc(-c2ccc(N(c3ccccc3)c3ccc4c5c(-c6cccc(-c7ccccc7)c6)cccc5n(-c5ccccc5)c4c3)cc2)cc1. The molecule has 1 aromatic heterocycles. The third-order valence-electron chi connectivity index (χ3n) is 9.58. The van der Waals surface area contributed by atoms with Crippen LogP contribution in [0.25, 0.3) is 60.9 Å². The zero-order valence-electron chi connectivity index (χ0n) is 27.5. The maximum absolute atomic E-state index is 2.42. The Kier molecular flexibility index (Phi) is 7.53. The summed E-state index contributed by atoms with van der Waals surface area (Å²) >= 11 is 0. The van der Waals surface area contributed by atoms with Gasteiger partial charge in [-0.05, 0) is 94.0 Å². The van der Waals surface area contributed by atoms with Gasteiger partial charge in [0.2, 0.25) is 0 Å². The lowest BCUT2D eigenvalue weighted by Gasteiger charge is -2.26. The van der Waals surface area contributed by atoms with E-state index in [1.807, 2.05) is 0 Å². The Labute approximate surface area is 292 Å². The lowest BCUT2D eigenvalue weighted by molar-refractivity contribution is 1.18. The Morgan fingerprint density at radius 1 is 0.320 bits per heavy atom. The van der Waals surface area contributed by atoms with Gasteiger partial charge in [0, 0.05) is 33.5 Å². The van der Waals surface area contributed by atoms with Gasteiger partial charge in [0.15, 0.2) is 0 Å². The van der Waals surface area contributed by atoms with E-state index in [1.165, 1.54) is 49.7 Å². The largest absolute Gasteiger partial charge is 0.310 e. The number of benzene rings is 8. The van der Waals surface area contributed by atoms with Gasteiger partial charge >= 0.3 is 0 Å². The van der Waals surface area contributed by atoms with Crippen molar-refractivity contribution in [3.8, 4) is 39.1 Å². The van der Waals surface area contributed by atoms with Gasteiger partial charge in [-0.15, -0.1) is 0 Å². The lowest BCUT2D eigenvalue weighted by atomic mass is 9.96. The van der Waals surface area contributed by atoms with E-state index in [-0.39, 0.29) is 0 Å². The van der Waals surface area contributed by atoms with Crippen LogP contribution in [0.15, 0.2) is 206 Å². The molecule has 0 aliphatic heterocycles. The second-order valence-electron chi connectivity index (χ2n) is 12.6. The van der Waals surface area contributed by atoms with Crippen LogP contribution in [0.3, 0.4) is 0 Å². The summed E-state index contributed by atoms with van der Waals surface area (Å²) in [6.45, 7) is 0. The number of anilines is 3. The van der Waals surface area contributed by atoms with Crippen molar-refractivity contribution in [1.29, 1.82) is 0 Å². The van der Waals surface area contributed by atoms with Crippen LogP contribution < -0.4 is 4.90 Å². The number of para-hydroxylation sites is 2. The predicted molar refractivity (Wildman–Crippen MR) is 212 cm³/mol. The van der Waals surface area contributed by atoms with Crippen LogP contribution in [0.4, 0.5) is 17.1 Å². The standard InChI is InChI=1S/C48H34N2/c1-5-15-35(16-6-1)37-27-29-42(30-28-37)49(40-21-9-3-10-22-40)43-31-32-45-47(34-43)50(41-23-11-4-12-24-41)46-26-14-25-44(48(45)46)39-20-13-19-38(33-39)36-17-7-2-8-18-36/h1-34H. The Morgan fingerprint density at radius 2 is 0.840 bits per heavy atom. The Bertz CT molecular complexity index is 2550. The van der Waals surface area contributed by atoms with Crippen LogP contribution in [0, 0.1) is 0 Å². The summed E-state index contributed by atoms with van der Waals surface area (Å²) in [5, 5.41) is 2.47. The molecule has 2 heteroatoms. The maximum atomic E-state index is 2.42. The summed E-state index contributed by atoms with van der Waals surface area (Å²) in [7, 11) is 0. The summed E-state index contributed by atoms with van der Waals surface area (Å²) in [6, 6.07) is 74.0. The number of hydrogen-bond acceptors (Lipinski definition) is 1. The molecule has 8 aromatic carbocycles. The van der Waals surface area contributed by atoms with Crippen molar-refractivity contribution in [3.63, 3.8) is 0 Å². The van der Waals surface area contributed by atoms with Gasteiger partial charge in [0.25, 0.3) is 0 Å². The van der Waals surface area contributed by atoms with Crippen molar-refractivity contribution >= 4 is 38.9 Å². The molecule has 236 valence electrons. The molecule has 0 aliphatic carbocycles. The molecule has 0 N–H and O–H groups in total. The lowest BCUT2D eigenvalue weighted by Crippen LogP contribution is -2.10. The Morgan fingerprint density at radius 3 is 1.54 bits per heavy atom. The molecule has 0 saturated heterocycles.